The van der Waals surface area contributed by atoms with Gasteiger partial charge in [-0.1, -0.05) is 11.6 Å². The van der Waals surface area contributed by atoms with Gasteiger partial charge in [-0.3, -0.25) is 9.59 Å². The number of primary amides is 1. The Balaban J connectivity index is 2.17. The van der Waals surface area contributed by atoms with Crippen molar-refractivity contribution in [3.63, 3.8) is 0 Å². The lowest BCUT2D eigenvalue weighted by Crippen LogP contribution is -2.36. The van der Waals surface area contributed by atoms with E-state index in [2.05, 4.69) is 11.4 Å². The second-order valence-corrected chi connectivity index (χ2v) is 3.48. The fourth-order valence-corrected chi connectivity index (χ4v) is 1.56. The zero-order valence-corrected chi connectivity index (χ0v) is 8.21. The zero-order valence-electron chi connectivity index (χ0n) is 8.21. The maximum absolute atomic E-state index is 10.8. The summed E-state index contributed by atoms with van der Waals surface area (Å²) in [5.41, 5.74) is 6.17. The number of nitrogens with two attached hydrogens (primary N) is 1. The Morgan fingerprint density at radius 1 is 1.43 bits per heavy atom. The molecule has 0 unspecified atom stereocenters. The van der Waals surface area contributed by atoms with Crippen LogP contribution in [0.4, 0.5) is 0 Å². The van der Waals surface area contributed by atoms with Crippen molar-refractivity contribution in [2.75, 3.05) is 6.54 Å². The first-order valence-corrected chi connectivity index (χ1v) is 4.95. The van der Waals surface area contributed by atoms with Crippen molar-refractivity contribution in [1.29, 1.82) is 0 Å². The van der Waals surface area contributed by atoms with Crippen molar-refractivity contribution in [1.82, 2.24) is 5.32 Å². The smallest absolute Gasteiger partial charge is 0.309 e. The average Bonchev–Trinajstić information content (AvgIpc) is 2.19. The second-order valence-electron chi connectivity index (χ2n) is 3.48. The van der Waals surface area contributed by atoms with Gasteiger partial charge in [-0.15, -0.1) is 0 Å². The van der Waals surface area contributed by atoms with Crippen LogP contribution in [0.2, 0.25) is 0 Å². The molecule has 78 valence electrons. The molecule has 0 saturated carbocycles. The number of carbonyl (C=O) groups excluding carboxylic acids is 2. The maximum Gasteiger partial charge on any atom is 0.309 e. The van der Waals surface area contributed by atoms with E-state index in [4.69, 9.17) is 5.73 Å². The topological polar surface area (TPSA) is 72.2 Å². The van der Waals surface area contributed by atoms with E-state index in [0.29, 0.717) is 6.54 Å². The molecule has 3 N–H and O–H groups in total. The molecule has 2 amide bonds. The van der Waals surface area contributed by atoms with E-state index in [9.17, 15) is 9.59 Å². The quantitative estimate of drug-likeness (QED) is 0.509. The van der Waals surface area contributed by atoms with Gasteiger partial charge in [0.2, 0.25) is 0 Å². The average molecular weight is 196 g/mol. The highest BCUT2D eigenvalue weighted by molar-refractivity contribution is 6.34. The van der Waals surface area contributed by atoms with Gasteiger partial charge in [0.05, 0.1) is 0 Å². The summed E-state index contributed by atoms with van der Waals surface area (Å²) in [5.74, 6) is -1.61. The highest BCUT2D eigenvalue weighted by Crippen LogP contribution is 2.19. The lowest BCUT2D eigenvalue weighted by atomic mass is 9.97. The Morgan fingerprint density at radius 3 is 2.79 bits per heavy atom. The Bertz CT molecular complexity index is 259. The lowest BCUT2D eigenvalue weighted by molar-refractivity contribution is -0.137. The highest BCUT2D eigenvalue weighted by Gasteiger charge is 2.08. The Labute approximate surface area is 83.5 Å². The van der Waals surface area contributed by atoms with Gasteiger partial charge < -0.3 is 11.1 Å². The van der Waals surface area contributed by atoms with Crippen LogP contribution >= 0.6 is 0 Å². The summed E-state index contributed by atoms with van der Waals surface area (Å²) in [6, 6.07) is 0. The van der Waals surface area contributed by atoms with Gasteiger partial charge in [0, 0.05) is 6.54 Å². The molecule has 0 bridgehead atoms. The van der Waals surface area contributed by atoms with Crippen LogP contribution in [-0.4, -0.2) is 18.4 Å². The number of rotatable bonds is 3. The summed E-state index contributed by atoms with van der Waals surface area (Å²) in [4.78, 5) is 21.2. The van der Waals surface area contributed by atoms with Crippen molar-refractivity contribution < 1.29 is 9.59 Å². The minimum Gasteiger partial charge on any atom is -0.361 e. The van der Waals surface area contributed by atoms with E-state index in [1.165, 1.54) is 18.4 Å². The first-order chi connectivity index (χ1) is 6.70. The van der Waals surface area contributed by atoms with Crippen molar-refractivity contribution in [2.24, 2.45) is 5.73 Å². The standard InChI is InChI=1S/C10H16N2O2/c11-9(13)10(14)12-7-6-8-4-2-1-3-5-8/h4H,1-3,5-7H2,(H2,11,13)(H,12,14). The highest BCUT2D eigenvalue weighted by atomic mass is 16.2. The van der Waals surface area contributed by atoms with Crippen LogP contribution in [0.25, 0.3) is 0 Å². The summed E-state index contributed by atoms with van der Waals surface area (Å²) in [6.45, 7) is 0.508. The van der Waals surface area contributed by atoms with Crippen LogP contribution in [0.1, 0.15) is 32.1 Å². The first kappa shape index (κ1) is 10.8. The minimum atomic E-state index is -0.914. The molecule has 0 radical (unpaired) electrons. The van der Waals surface area contributed by atoms with Gasteiger partial charge >= 0.3 is 11.8 Å². The number of carbonyl (C=O) groups is 2. The Hall–Kier alpha value is -1.32. The van der Waals surface area contributed by atoms with Crippen molar-refractivity contribution >= 4 is 11.8 Å². The Kier molecular flexibility index (Phi) is 4.16. The lowest BCUT2D eigenvalue weighted by Gasteiger charge is -2.12. The number of hydrogen-bond acceptors (Lipinski definition) is 2. The third-order valence-corrected chi connectivity index (χ3v) is 2.34. The summed E-state index contributed by atoms with van der Waals surface area (Å²) >= 11 is 0. The summed E-state index contributed by atoms with van der Waals surface area (Å²) in [6.07, 6.45) is 7.80. The molecule has 1 rings (SSSR count). The van der Waals surface area contributed by atoms with Crippen LogP contribution in [0.15, 0.2) is 11.6 Å². The van der Waals surface area contributed by atoms with E-state index in [0.717, 1.165) is 19.3 Å². The van der Waals surface area contributed by atoms with Gasteiger partial charge in [0.25, 0.3) is 0 Å². The molecule has 0 aromatic rings. The number of hydrogen-bond donors (Lipinski definition) is 2. The third kappa shape index (κ3) is 3.60. The molecule has 0 saturated heterocycles. The van der Waals surface area contributed by atoms with E-state index < -0.39 is 11.8 Å². The molecule has 0 heterocycles. The molecule has 1 aliphatic carbocycles. The molecule has 0 fully saturated rings. The predicted octanol–water partition coefficient (Wildman–Crippen LogP) is 0.478. The summed E-state index contributed by atoms with van der Waals surface area (Å²) in [7, 11) is 0. The molecule has 0 aliphatic heterocycles. The molecule has 4 nitrogen and oxygen atoms in total. The van der Waals surface area contributed by atoms with Gasteiger partial charge in [-0.05, 0) is 32.1 Å². The minimum absolute atomic E-state index is 0.508. The predicted molar refractivity (Wildman–Crippen MR) is 53.4 cm³/mol. The van der Waals surface area contributed by atoms with Crippen LogP contribution in [-0.2, 0) is 9.59 Å². The molecule has 0 atom stereocenters. The third-order valence-electron chi connectivity index (χ3n) is 2.34. The van der Waals surface area contributed by atoms with Crippen LogP contribution in [0.3, 0.4) is 0 Å². The molecule has 1 aliphatic rings. The van der Waals surface area contributed by atoms with E-state index in [-0.39, 0.29) is 0 Å². The van der Waals surface area contributed by atoms with Crippen molar-refractivity contribution in [2.45, 2.75) is 32.1 Å². The summed E-state index contributed by atoms with van der Waals surface area (Å²) < 4.78 is 0. The monoisotopic (exact) mass is 196 g/mol. The first-order valence-electron chi connectivity index (χ1n) is 4.95. The molecule has 0 aromatic heterocycles. The summed E-state index contributed by atoms with van der Waals surface area (Å²) in [5, 5.41) is 2.48. The van der Waals surface area contributed by atoms with Crippen LogP contribution in [0, 0.1) is 0 Å². The van der Waals surface area contributed by atoms with Crippen LogP contribution in [0.5, 0.6) is 0 Å². The van der Waals surface area contributed by atoms with Gasteiger partial charge in [-0.2, -0.15) is 0 Å². The normalized spacial score (nSPS) is 15.9. The van der Waals surface area contributed by atoms with E-state index >= 15 is 0 Å². The fourth-order valence-electron chi connectivity index (χ4n) is 1.56. The zero-order chi connectivity index (χ0) is 10.4. The number of nitrogens with one attached hydrogen (secondary N) is 1. The molecule has 14 heavy (non-hydrogen) atoms. The number of allylic oxidation sites excluding steroid dienone is 1. The van der Waals surface area contributed by atoms with Crippen LogP contribution < -0.4 is 11.1 Å². The van der Waals surface area contributed by atoms with Crippen molar-refractivity contribution in [3.05, 3.63) is 11.6 Å². The largest absolute Gasteiger partial charge is 0.361 e. The fraction of sp³-hybridized carbons (Fsp3) is 0.600. The van der Waals surface area contributed by atoms with Crippen molar-refractivity contribution in [3.8, 4) is 0 Å². The molecular formula is C10H16N2O2. The Morgan fingerprint density at radius 2 is 2.21 bits per heavy atom. The second kappa shape index (κ2) is 5.42. The molecule has 4 heteroatoms. The van der Waals surface area contributed by atoms with E-state index in [1.807, 2.05) is 0 Å². The van der Waals surface area contributed by atoms with Gasteiger partial charge in [0.1, 0.15) is 0 Å². The molecule has 0 spiro atoms. The number of amides is 2. The maximum atomic E-state index is 10.8. The van der Waals surface area contributed by atoms with E-state index in [1.54, 1.807) is 0 Å². The van der Waals surface area contributed by atoms with Gasteiger partial charge in [0.15, 0.2) is 0 Å². The molecular weight excluding hydrogens is 180 g/mol. The molecule has 0 aromatic carbocycles. The van der Waals surface area contributed by atoms with Gasteiger partial charge in [-0.25, -0.2) is 0 Å². The SMILES string of the molecule is NC(=O)C(=O)NCCC1=CCCCC1.